The Balaban J connectivity index is 1.96. The van der Waals surface area contributed by atoms with Crippen molar-refractivity contribution in [2.24, 2.45) is 0 Å². The van der Waals surface area contributed by atoms with Crippen molar-refractivity contribution < 1.29 is 9.47 Å². The van der Waals surface area contributed by atoms with Gasteiger partial charge in [0.05, 0.1) is 18.2 Å². The molecule has 23 heavy (non-hydrogen) atoms. The van der Waals surface area contributed by atoms with Crippen LogP contribution in [0, 0.1) is 0 Å². The van der Waals surface area contributed by atoms with Gasteiger partial charge in [-0.2, -0.15) is 0 Å². The number of likely N-dealkylation sites (N-methyl/N-ethyl adjacent to an activating group) is 1. The van der Waals surface area contributed by atoms with E-state index < -0.39 is 0 Å². The molecule has 0 amide bonds. The van der Waals surface area contributed by atoms with Gasteiger partial charge in [0.15, 0.2) is 11.5 Å². The van der Waals surface area contributed by atoms with Crippen molar-refractivity contribution in [2.75, 3.05) is 32.8 Å². The van der Waals surface area contributed by atoms with Gasteiger partial charge in [-0.3, -0.25) is 4.90 Å². The van der Waals surface area contributed by atoms with Gasteiger partial charge in [0.2, 0.25) is 0 Å². The van der Waals surface area contributed by atoms with Crippen LogP contribution in [0.4, 0.5) is 0 Å². The van der Waals surface area contributed by atoms with Crippen molar-refractivity contribution in [1.82, 2.24) is 10.2 Å². The average molecular weight is 341 g/mol. The summed E-state index contributed by atoms with van der Waals surface area (Å²) < 4.78 is 11.3. The maximum atomic E-state index is 6.36. The molecule has 1 heterocycles. The molecular weight excluding hydrogens is 312 g/mol. The second kappa shape index (κ2) is 9.36. The number of nitrogens with zero attached hydrogens (tertiary/aromatic N) is 1. The molecule has 4 nitrogen and oxygen atoms in total. The molecule has 1 aromatic carbocycles. The van der Waals surface area contributed by atoms with Crippen molar-refractivity contribution in [3.05, 3.63) is 22.7 Å². The minimum Gasteiger partial charge on any atom is -0.490 e. The molecule has 0 bridgehead atoms. The summed E-state index contributed by atoms with van der Waals surface area (Å²) in [6, 6.07) is 4.65. The predicted molar refractivity (Wildman–Crippen MR) is 95.8 cm³/mol. The summed E-state index contributed by atoms with van der Waals surface area (Å²) in [5.41, 5.74) is 1.13. The van der Waals surface area contributed by atoms with Crippen LogP contribution in [0.5, 0.6) is 11.5 Å². The van der Waals surface area contributed by atoms with Crippen LogP contribution in [-0.4, -0.2) is 43.8 Å². The van der Waals surface area contributed by atoms with E-state index in [1.54, 1.807) is 0 Å². The Bertz CT molecular complexity index is 496. The Morgan fingerprint density at radius 1 is 1.22 bits per heavy atom. The third kappa shape index (κ3) is 5.00. The number of rotatable bonds is 9. The fourth-order valence-corrected chi connectivity index (χ4v) is 3.48. The van der Waals surface area contributed by atoms with Crippen LogP contribution in [0.15, 0.2) is 12.1 Å². The van der Waals surface area contributed by atoms with Gasteiger partial charge in [-0.1, -0.05) is 18.5 Å². The van der Waals surface area contributed by atoms with Crippen molar-refractivity contribution >= 4 is 11.6 Å². The van der Waals surface area contributed by atoms with Crippen LogP contribution in [-0.2, 0) is 6.54 Å². The molecule has 1 N–H and O–H groups in total. The van der Waals surface area contributed by atoms with Crippen LogP contribution in [0.25, 0.3) is 0 Å². The molecule has 1 fully saturated rings. The van der Waals surface area contributed by atoms with Crippen molar-refractivity contribution in [3.8, 4) is 11.5 Å². The first kappa shape index (κ1) is 18.4. The number of benzene rings is 1. The molecule has 1 aliphatic rings. The largest absolute Gasteiger partial charge is 0.490 e. The van der Waals surface area contributed by atoms with Crippen LogP contribution < -0.4 is 14.8 Å². The van der Waals surface area contributed by atoms with Gasteiger partial charge >= 0.3 is 0 Å². The van der Waals surface area contributed by atoms with Crippen LogP contribution >= 0.6 is 11.6 Å². The Kier molecular flexibility index (Phi) is 7.47. The molecule has 0 saturated carbocycles. The summed E-state index contributed by atoms with van der Waals surface area (Å²) in [5, 5.41) is 4.18. The zero-order valence-electron chi connectivity index (χ0n) is 14.5. The van der Waals surface area contributed by atoms with Crippen molar-refractivity contribution in [1.29, 1.82) is 0 Å². The highest BCUT2D eigenvalue weighted by molar-refractivity contribution is 6.32. The number of hydrogen-bond acceptors (Lipinski definition) is 4. The lowest BCUT2D eigenvalue weighted by molar-refractivity contribution is 0.259. The first-order chi connectivity index (χ1) is 11.2. The van der Waals surface area contributed by atoms with Crippen molar-refractivity contribution in [3.63, 3.8) is 0 Å². The maximum absolute atomic E-state index is 6.36. The Morgan fingerprint density at radius 3 is 2.70 bits per heavy atom. The Labute approximate surface area is 145 Å². The van der Waals surface area contributed by atoms with E-state index >= 15 is 0 Å². The molecule has 0 aromatic heterocycles. The quantitative estimate of drug-likeness (QED) is 0.743. The predicted octanol–water partition coefficient (Wildman–Crippen LogP) is 3.71. The van der Waals surface area contributed by atoms with Gasteiger partial charge < -0.3 is 14.8 Å². The normalized spacial score (nSPS) is 18.3. The SMILES string of the molecule is CCOc1cc(CNC[C@@H]2CCCN2CC)cc(Cl)c1OCC. The summed E-state index contributed by atoms with van der Waals surface area (Å²) >= 11 is 6.36. The summed E-state index contributed by atoms with van der Waals surface area (Å²) in [4.78, 5) is 2.55. The molecule has 0 spiro atoms. The summed E-state index contributed by atoms with van der Waals surface area (Å²) in [6.45, 7) is 11.5. The first-order valence-electron chi connectivity index (χ1n) is 8.72. The lowest BCUT2D eigenvalue weighted by Crippen LogP contribution is -2.37. The summed E-state index contributed by atoms with van der Waals surface area (Å²) in [7, 11) is 0. The number of hydrogen-bond donors (Lipinski definition) is 1. The van der Waals surface area contributed by atoms with E-state index in [1.807, 2.05) is 26.0 Å². The fraction of sp³-hybridized carbons (Fsp3) is 0.667. The number of likely N-dealkylation sites (tertiary alicyclic amines) is 1. The molecule has 2 rings (SSSR count). The van der Waals surface area contributed by atoms with Gasteiger partial charge in [0.1, 0.15) is 0 Å². The van der Waals surface area contributed by atoms with E-state index in [2.05, 4.69) is 17.1 Å². The lowest BCUT2D eigenvalue weighted by atomic mass is 10.1. The maximum Gasteiger partial charge on any atom is 0.179 e. The van der Waals surface area contributed by atoms with E-state index in [9.17, 15) is 0 Å². The fourth-order valence-electron chi connectivity index (χ4n) is 3.20. The number of nitrogens with one attached hydrogen (secondary N) is 1. The third-order valence-electron chi connectivity index (χ3n) is 4.27. The van der Waals surface area contributed by atoms with E-state index in [0.717, 1.165) is 30.9 Å². The highest BCUT2D eigenvalue weighted by atomic mass is 35.5. The molecule has 1 atom stereocenters. The molecule has 1 saturated heterocycles. The van der Waals surface area contributed by atoms with Gasteiger partial charge in [-0.25, -0.2) is 0 Å². The molecule has 130 valence electrons. The van der Waals surface area contributed by atoms with Gasteiger partial charge in [-0.05, 0) is 57.5 Å². The zero-order valence-corrected chi connectivity index (χ0v) is 15.3. The third-order valence-corrected chi connectivity index (χ3v) is 4.55. The standard InChI is InChI=1S/C18H29ClN2O2/c1-4-21-9-7-8-15(21)13-20-12-14-10-16(19)18(23-6-3)17(11-14)22-5-2/h10-11,15,20H,4-9,12-13H2,1-3H3/t15-/m0/s1. The minimum absolute atomic E-state index is 0.575. The van der Waals surface area contributed by atoms with Crippen molar-refractivity contribution in [2.45, 2.75) is 46.2 Å². The highest BCUT2D eigenvalue weighted by Crippen LogP contribution is 2.36. The topological polar surface area (TPSA) is 33.7 Å². The van der Waals surface area contributed by atoms with Crippen LogP contribution in [0.1, 0.15) is 39.2 Å². The molecule has 5 heteroatoms. The van der Waals surface area contributed by atoms with Crippen LogP contribution in [0.3, 0.4) is 0 Å². The summed E-state index contributed by atoms with van der Waals surface area (Å²) in [6.07, 6.45) is 2.60. The van der Waals surface area contributed by atoms with Crippen LogP contribution in [0.2, 0.25) is 5.02 Å². The molecule has 0 unspecified atom stereocenters. The van der Waals surface area contributed by atoms with Gasteiger partial charge in [0.25, 0.3) is 0 Å². The second-order valence-corrected chi connectivity index (χ2v) is 6.23. The molecule has 0 aliphatic carbocycles. The Morgan fingerprint density at radius 2 is 2.00 bits per heavy atom. The minimum atomic E-state index is 0.575. The molecule has 1 aromatic rings. The number of halogens is 1. The monoisotopic (exact) mass is 340 g/mol. The average Bonchev–Trinajstić information content (AvgIpc) is 2.98. The van der Waals surface area contributed by atoms with Gasteiger partial charge in [0, 0.05) is 19.1 Å². The molecule has 0 radical (unpaired) electrons. The summed E-state index contributed by atoms with van der Waals surface area (Å²) in [5.74, 6) is 1.38. The smallest absolute Gasteiger partial charge is 0.179 e. The molecule has 1 aliphatic heterocycles. The highest BCUT2D eigenvalue weighted by Gasteiger charge is 2.22. The van der Waals surface area contributed by atoms with E-state index in [4.69, 9.17) is 21.1 Å². The van der Waals surface area contributed by atoms with E-state index in [1.165, 1.54) is 19.4 Å². The van der Waals surface area contributed by atoms with E-state index in [0.29, 0.717) is 30.0 Å². The Hall–Kier alpha value is -0.970. The van der Waals surface area contributed by atoms with Gasteiger partial charge in [-0.15, -0.1) is 0 Å². The molecular formula is C18H29ClN2O2. The lowest BCUT2D eigenvalue weighted by Gasteiger charge is -2.23. The number of ether oxygens (including phenoxy) is 2. The zero-order chi connectivity index (χ0) is 16.7. The first-order valence-corrected chi connectivity index (χ1v) is 9.10. The van der Waals surface area contributed by atoms with E-state index in [-0.39, 0.29) is 0 Å². The second-order valence-electron chi connectivity index (χ2n) is 5.83.